The highest BCUT2D eigenvalue weighted by Gasteiger charge is 2.35. The zero-order valence-corrected chi connectivity index (χ0v) is 12.7. The van der Waals surface area contributed by atoms with E-state index in [-0.39, 0.29) is 29.5 Å². The number of nitrogens with zero attached hydrogens (tertiary/aromatic N) is 3. The fourth-order valence-corrected chi connectivity index (χ4v) is 4.45. The van der Waals surface area contributed by atoms with Gasteiger partial charge in [0.2, 0.25) is 5.91 Å². The molecule has 2 rings (SSSR count). The van der Waals surface area contributed by atoms with Gasteiger partial charge in [0, 0.05) is 46.2 Å². The average molecular weight is 303 g/mol. The number of rotatable bonds is 1. The van der Waals surface area contributed by atoms with Crippen LogP contribution in [0.3, 0.4) is 0 Å². The summed E-state index contributed by atoms with van der Waals surface area (Å²) in [6.45, 7) is 3.60. The fraction of sp³-hybridized carbons (Fsp3) is 0.833. The van der Waals surface area contributed by atoms with Crippen molar-refractivity contribution in [1.82, 2.24) is 14.7 Å². The molecule has 7 nitrogen and oxygen atoms in total. The van der Waals surface area contributed by atoms with Crippen molar-refractivity contribution in [3.63, 3.8) is 0 Å². The topological polar surface area (TPSA) is 78.0 Å². The van der Waals surface area contributed by atoms with E-state index in [0.29, 0.717) is 32.6 Å². The summed E-state index contributed by atoms with van der Waals surface area (Å²) in [5.74, 6) is 0.239. The lowest BCUT2D eigenvalue weighted by Gasteiger charge is -2.37. The van der Waals surface area contributed by atoms with Crippen LogP contribution in [0.5, 0.6) is 0 Å². The molecule has 114 valence electrons. The van der Waals surface area contributed by atoms with Crippen LogP contribution in [0.2, 0.25) is 0 Å². The highest BCUT2D eigenvalue weighted by Crippen LogP contribution is 2.18. The summed E-state index contributed by atoms with van der Waals surface area (Å²) >= 11 is 0. The predicted molar refractivity (Wildman–Crippen MR) is 74.0 cm³/mol. The molecule has 20 heavy (non-hydrogen) atoms. The van der Waals surface area contributed by atoms with Crippen molar-refractivity contribution in [2.75, 3.05) is 44.7 Å². The second-order valence-electron chi connectivity index (χ2n) is 5.44. The van der Waals surface area contributed by atoms with Gasteiger partial charge in [-0.1, -0.05) is 0 Å². The number of carbonyl (C=O) groups excluding carboxylic acids is 2. The molecule has 2 fully saturated rings. The van der Waals surface area contributed by atoms with Crippen LogP contribution >= 0.6 is 0 Å². The summed E-state index contributed by atoms with van der Waals surface area (Å²) in [4.78, 5) is 28.5. The molecule has 0 saturated carbocycles. The molecule has 0 aromatic heterocycles. The van der Waals surface area contributed by atoms with Gasteiger partial charge in [-0.05, 0) is 6.42 Å². The van der Waals surface area contributed by atoms with E-state index in [2.05, 4.69) is 0 Å². The van der Waals surface area contributed by atoms with E-state index in [4.69, 9.17) is 0 Å². The van der Waals surface area contributed by atoms with Gasteiger partial charge in [-0.2, -0.15) is 0 Å². The van der Waals surface area contributed by atoms with Crippen molar-refractivity contribution in [2.45, 2.75) is 19.4 Å². The molecule has 2 saturated heterocycles. The molecule has 0 aromatic rings. The Bertz CT molecular complexity index is 497. The molecular formula is C12H21N3O4S. The van der Waals surface area contributed by atoms with E-state index < -0.39 is 9.84 Å². The molecular weight excluding hydrogens is 282 g/mol. The molecule has 8 heteroatoms. The van der Waals surface area contributed by atoms with E-state index in [1.807, 2.05) is 0 Å². The van der Waals surface area contributed by atoms with Crippen LogP contribution in [0.25, 0.3) is 0 Å². The molecule has 2 aliphatic rings. The Hall–Kier alpha value is -1.31. The molecule has 1 atom stereocenters. The van der Waals surface area contributed by atoms with Gasteiger partial charge in [0.15, 0.2) is 9.84 Å². The van der Waals surface area contributed by atoms with Crippen molar-refractivity contribution in [2.24, 2.45) is 0 Å². The molecule has 0 N–H and O–H groups in total. The van der Waals surface area contributed by atoms with Crippen molar-refractivity contribution in [3.8, 4) is 0 Å². The van der Waals surface area contributed by atoms with Gasteiger partial charge in [-0.25, -0.2) is 13.2 Å². The van der Waals surface area contributed by atoms with Crippen molar-refractivity contribution < 1.29 is 18.0 Å². The molecule has 0 radical (unpaired) electrons. The fourth-order valence-electron chi connectivity index (χ4n) is 2.67. The van der Waals surface area contributed by atoms with Crippen LogP contribution in [0, 0.1) is 0 Å². The average Bonchev–Trinajstić information content (AvgIpc) is 2.77. The van der Waals surface area contributed by atoms with E-state index in [0.717, 1.165) is 0 Å². The second-order valence-corrected chi connectivity index (χ2v) is 7.67. The SMILES string of the molecule is CC(=O)N1CCN(C(=O)N(C)C2CCS(=O)(=O)C2)CC1. The van der Waals surface area contributed by atoms with Gasteiger partial charge in [-0.3, -0.25) is 4.79 Å². The predicted octanol–water partition coefficient (Wildman–Crippen LogP) is -0.611. The summed E-state index contributed by atoms with van der Waals surface area (Å²) in [5.41, 5.74) is 0. The monoisotopic (exact) mass is 303 g/mol. The normalized spacial score (nSPS) is 25.6. The summed E-state index contributed by atoms with van der Waals surface area (Å²) in [6.07, 6.45) is 0.512. The first-order valence-electron chi connectivity index (χ1n) is 6.78. The minimum atomic E-state index is -2.99. The number of carbonyl (C=O) groups is 2. The maximum absolute atomic E-state index is 12.3. The summed E-state index contributed by atoms with van der Waals surface area (Å²) < 4.78 is 22.9. The lowest BCUT2D eigenvalue weighted by Crippen LogP contribution is -2.54. The third kappa shape index (κ3) is 3.23. The van der Waals surface area contributed by atoms with Crippen LogP contribution in [0.15, 0.2) is 0 Å². The number of sulfone groups is 1. The standard InChI is InChI=1S/C12H21N3O4S/c1-10(16)14-4-6-15(7-5-14)12(17)13(2)11-3-8-20(18,19)9-11/h11H,3-9H2,1-2H3. The van der Waals surface area contributed by atoms with Gasteiger partial charge < -0.3 is 14.7 Å². The van der Waals surface area contributed by atoms with Crippen molar-refractivity contribution >= 4 is 21.8 Å². The van der Waals surface area contributed by atoms with Crippen molar-refractivity contribution in [3.05, 3.63) is 0 Å². The maximum Gasteiger partial charge on any atom is 0.320 e. The third-order valence-electron chi connectivity index (χ3n) is 4.05. The van der Waals surface area contributed by atoms with Crippen LogP contribution in [0.4, 0.5) is 4.79 Å². The molecule has 0 aliphatic carbocycles. The first-order valence-corrected chi connectivity index (χ1v) is 8.60. The minimum absolute atomic E-state index is 0.0207. The zero-order valence-electron chi connectivity index (χ0n) is 11.9. The van der Waals surface area contributed by atoms with E-state index in [1.165, 1.54) is 11.8 Å². The van der Waals surface area contributed by atoms with E-state index in [9.17, 15) is 18.0 Å². The molecule has 1 unspecified atom stereocenters. The Kier molecular flexibility index (Phi) is 4.22. The molecule has 0 bridgehead atoms. The minimum Gasteiger partial charge on any atom is -0.339 e. The number of amides is 3. The molecule has 0 aromatic carbocycles. The zero-order chi connectivity index (χ0) is 14.9. The summed E-state index contributed by atoms with van der Waals surface area (Å²) in [6, 6.07) is -0.367. The quantitative estimate of drug-likeness (QED) is 0.647. The third-order valence-corrected chi connectivity index (χ3v) is 5.80. The number of piperazine rings is 1. The second kappa shape index (κ2) is 5.59. The number of hydrogen-bond acceptors (Lipinski definition) is 4. The maximum atomic E-state index is 12.3. The lowest BCUT2D eigenvalue weighted by atomic mass is 10.2. The van der Waals surface area contributed by atoms with Crippen LogP contribution in [-0.4, -0.2) is 85.8 Å². The smallest absolute Gasteiger partial charge is 0.320 e. The molecule has 0 spiro atoms. The number of hydrogen-bond donors (Lipinski definition) is 0. The van der Waals surface area contributed by atoms with Crippen LogP contribution in [-0.2, 0) is 14.6 Å². The lowest BCUT2D eigenvalue weighted by molar-refractivity contribution is -0.130. The molecule has 3 amide bonds. The van der Waals surface area contributed by atoms with Gasteiger partial charge in [0.25, 0.3) is 0 Å². The Morgan fingerprint density at radius 2 is 1.65 bits per heavy atom. The Morgan fingerprint density at radius 1 is 1.10 bits per heavy atom. The van der Waals surface area contributed by atoms with Gasteiger partial charge in [-0.15, -0.1) is 0 Å². The van der Waals surface area contributed by atoms with Crippen LogP contribution in [0.1, 0.15) is 13.3 Å². The largest absolute Gasteiger partial charge is 0.339 e. The van der Waals surface area contributed by atoms with E-state index >= 15 is 0 Å². The summed E-state index contributed by atoms with van der Waals surface area (Å²) in [7, 11) is -1.33. The number of urea groups is 1. The van der Waals surface area contributed by atoms with E-state index in [1.54, 1.807) is 16.8 Å². The highest BCUT2D eigenvalue weighted by molar-refractivity contribution is 7.91. The highest BCUT2D eigenvalue weighted by atomic mass is 32.2. The summed E-state index contributed by atoms with van der Waals surface area (Å²) in [5, 5.41) is 0. The molecule has 2 aliphatic heterocycles. The molecule has 2 heterocycles. The Balaban J connectivity index is 1.90. The van der Waals surface area contributed by atoms with Gasteiger partial charge in [0.1, 0.15) is 0 Å². The van der Waals surface area contributed by atoms with Crippen molar-refractivity contribution in [1.29, 1.82) is 0 Å². The van der Waals surface area contributed by atoms with Gasteiger partial charge >= 0.3 is 6.03 Å². The first kappa shape index (κ1) is 15.1. The Labute approximate surface area is 119 Å². The van der Waals surface area contributed by atoms with Gasteiger partial charge in [0.05, 0.1) is 11.5 Å². The first-order chi connectivity index (χ1) is 9.30. The van der Waals surface area contributed by atoms with Crippen LogP contribution < -0.4 is 0 Å². The Morgan fingerprint density at radius 3 is 2.10 bits per heavy atom.